The molecule has 0 unspecified atom stereocenters. The summed E-state index contributed by atoms with van der Waals surface area (Å²) in [6.45, 7) is 6.99. The van der Waals surface area contributed by atoms with E-state index in [1.54, 1.807) is 13.2 Å². The Kier molecular flexibility index (Phi) is 7.07. The third kappa shape index (κ3) is 5.72. The molecule has 4 rings (SSSR count). The second kappa shape index (κ2) is 9.78. The summed E-state index contributed by atoms with van der Waals surface area (Å²) in [4.78, 5) is 15.8. The highest BCUT2D eigenvalue weighted by atomic mass is 16.5. The summed E-state index contributed by atoms with van der Waals surface area (Å²) < 4.78 is 17.6. The van der Waals surface area contributed by atoms with Crippen LogP contribution in [0.15, 0.2) is 18.2 Å². The van der Waals surface area contributed by atoms with Crippen LogP contribution in [-0.2, 0) is 4.74 Å². The lowest BCUT2D eigenvalue weighted by Gasteiger charge is -2.36. The maximum absolute atomic E-state index is 13.2. The topological polar surface area (TPSA) is 60.0 Å². The zero-order chi connectivity index (χ0) is 21.8. The van der Waals surface area contributed by atoms with Gasteiger partial charge in [-0.15, -0.1) is 0 Å². The number of likely N-dealkylation sites (tertiary alicyclic amines) is 1. The van der Waals surface area contributed by atoms with E-state index in [1.165, 1.54) is 25.7 Å². The highest BCUT2D eigenvalue weighted by Gasteiger charge is 2.31. The second-order valence-electron chi connectivity index (χ2n) is 9.92. The number of piperidine rings is 1. The number of hydrogen-bond donors (Lipinski definition) is 1. The molecule has 1 atom stereocenters. The first-order valence-electron chi connectivity index (χ1n) is 12.0. The van der Waals surface area contributed by atoms with Crippen LogP contribution in [-0.4, -0.2) is 61.4 Å². The lowest BCUT2D eigenvalue weighted by molar-refractivity contribution is -0.0615. The molecule has 31 heavy (non-hydrogen) atoms. The van der Waals surface area contributed by atoms with E-state index in [0.29, 0.717) is 23.7 Å². The van der Waals surface area contributed by atoms with E-state index in [9.17, 15) is 4.79 Å². The zero-order valence-corrected chi connectivity index (χ0v) is 19.3. The molecular weight excluding hydrogens is 392 g/mol. The highest BCUT2D eigenvalue weighted by Crippen LogP contribution is 2.31. The molecule has 1 aromatic carbocycles. The first kappa shape index (κ1) is 22.4. The molecule has 1 N–H and O–H groups in total. The minimum atomic E-state index is -0.211. The molecule has 3 fully saturated rings. The molecule has 0 bridgehead atoms. The molecule has 0 aromatic heterocycles. The predicted octanol–water partition coefficient (Wildman–Crippen LogP) is 4.17. The van der Waals surface area contributed by atoms with Crippen LogP contribution in [0.5, 0.6) is 11.5 Å². The van der Waals surface area contributed by atoms with E-state index in [2.05, 4.69) is 24.1 Å². The Morgan fingerprint density at radius 1 is 1.13 bits per heavy atom. The molecule has 2 heterocycles. The number of methoxy groups -OCH3 is 1. The van der Waals surface area contributed by atoms with Gasteiger partial charge in [0.25, 0.3) is 5.91 Å². The molecule has 0 spiro atoms. The van der Waals surface area contributed by atoms with Crippen molar-refractivity contribution in [3.63, 3.8) is 0 Å². The number of rotatable bonds is 6. The average Bonchev–Trinajstić information content (AvgIpc) is 3.29. The van der Waals surface area contributed by atoms with Crippen LogP contribution >= 0.6 is 0 Å². The van der Waals surface area contributed by atoms with Gasteiger partial charge in [-0.2, -0.15) is 0 Å². The fourth-order valence-corrected chi connectivity index (χ4v) is 5.34. The molecule has 1 aliphatic carbocycles. The van der Waals surface area contributed by atoms with Crippen molar-refractivity contribution in [2.45, 2.75) is 89.0 Å². The first-order chi connectivity index (χ1) is 14.9. The molecule has 1 aromatic rings. The van der Waals surface area contributed by atoms with Gasteiger partial charge >= 0.3 is 0 Å². The number of benzene rings is 1. The van der Waals surface area contributed by atoms with Crippen molar-refractivity contribution in [3.05, 3.63) is 23.8 Å². The van der Waals surface area contributed by atoms with Crippen LogP contribution < -0.4 is 14.8 Å². The third-order valence-corrected chi connectivity index (χ3v) is 7.07. The molecule has 0 radical (unpaired) electrons. The van der Waals surface area contributed by atoms with Crippen molar-refractivity contribution in [2.24, 2.45) is 0 Å². The highest BCUT2D eigenvalue weighted by molar-refractivity contribution is 5.97. The van der Waals surface area contributed by atoms with Crippen molar-refractivity contribution < 1.29 is 19.0 Å². The van der Waals surface area contributed by atoms with E-state index in [4.69, 9.17) is 14.2 Å². The van der Waals surface area contributed by atoms with Gasteiger partial charge in [-0.1, -0.05) is 12.8 Å². The van der Waals surface area contributed by atoms with Crippen molar-refractivity contribution in [3.8, 4) is 11.5 Å². The average molecular weight is 431 g/mol. The summed E-state index contributed by atoms with van der Waals surface area (Å²) in [6.07, 6.45) is 9.24. The monoisotopic (exact) mass is 430 g/mol. The van der Waals surface area contributed by atoms with Gasteiger partial charge in [0.05, 0.1) is 18.3 Å². The number of nitrogens with zero attached hydrogens (tertiary/aromatic N) is 1. The lowest BCUT2D eigenvalue weighted by atomic mass is 9.93. The molecule has 6 nitrogen and oxygen atoms in total. The molecule has 1 saturated carbocycles. The minimum absolute atomic E-state index is 0.0972. The van der Waals surface area contributed by atoms with Gasteiger partial charge in [-0.05, 0) is 70.6 Å². The quantitative estimate of drug-likeness (QED) is 0.734. The largest absolute Gasteiger partial charge is 0.497 e. The molecule has 6 heteroatoms. The smallest absolute Gasteiger partial charge is 0.255 e. The van der Waals surface area contributed by atoms with Crippen LogP contribution in [0.2, 0.25) is 0 Å². The SMILES string of the molecule is COc1ccc(OC2CCN(C3CCCC3)CC2)c(C(=O)N[C@@H]2CCOC(C)(C)C2)c1. The molecule has 172 valence electrons. The molecule has 3 aliphatic rings. The Labute approximate surface area is 186 Å². The number of carbonyl (C=O) groups is 1. The fraction of sp³-hybridized carbons (Fsp3) is 0.720. The Morgan fingerprint density at radius 2 is 1.87 bits per heavy atom. The van der Waals surface area contributed by atoms with Crippen molar-refractivity contribution in [1.82, 2.24) is 10.2 Å². The van der Waals surface area contributed by atoms with Gasteiger partial charge in [-0.25, -0.2) is 0 Å². The number of carbonyl (C=O) groups excluding carboxylic acids is 1. The number of amides is 1. The van der Waals surface area contributed by atoms with E-state index in [0.717, 1.165) is 44.8 Å². The summed E-state index contributed by atoms with van der Waals surface area (Å²) in [5.74, 6) is 1.23. The number of hydrogen-bond acceptors (Lipinski definition) is 5. The third-order valence-electron chi connectivity index (χ3n) is 7.07. The number of ether oxygens (including phenoxy) is 3. The Balaban J connectivity index is 1.40. The van der Waals surface area contributed by atoms with Crippen LogP contribution in [0.1, 0.15) is 75.6 Å². The summed E-state index contributed by atoms with van der Waals surface area (Å²) in [7, 11) is 1.62. The number of nitrogens with one attached hydrogen (secondary N) is 1. The fourth-order valence-electron chi connectivity index (χ4n) is 5.34. The van der Waals surface area contributed by atoms with E-state index < -0.39 is 0 Å². The summed E-state index contributed by atoms with van der Waals surface area (Å²) >= 11 is 0. The van der Waals surface area contributed by atoms with Gasteiger partial charge in [0.2, 0.25) is 0 Å². The van der Waals surface area contributed by atoms with E-state index in [-0.39, 0.29) is 23.7 Å². The minimum Gasteiger partial charge on any atom is -0.497 e. The van der Waals surface area contributed by atoms with Gasteiger partial charge in [0, 0.05) is 31.8 Å². The molecule has 1 amide bonds. The van der Waals surface area contributed by atoms with Crippen molar-refractivity contribution >= 4 is 5.91 Å². The molecule has 2 saturated heterocycles. The standard InChI is InChI=1S/C25H38N2O4/c1-25(2)17-18(12-15-30-25)26-24(28)22-16-21(29-3)8-9-23(22)31-20-10-13-27(14-11-20)19-6-4-5-7-19/h8-9,16,18-20H,4-7,10-15,17H2,1-3H3,(H,26,28)/t18-/m1/s1. The maximum Gasteiger partial charge on any atom is 0.255 e. The first-order valence-corrected chi connectivity index (χ1v) is 12.0. The van der Waals surface area contributed by atoms with E-state index >= 15 is 0 Å². The van der Waals surface area contributed by atoms with Gasteiger partial charge in [-0.3, -0.25) is 4.79 Å². The van der Waals surface area contributed by atoms with Gasteiger partial charge < -0.3 is 24.4 Å². The normalized spacial score (nSPS) is 25.3. The summed E-state index contributed by atoms with van der Waals surface area (Å²) in [5.41, 5.74) is 0.346. The zero-order valence-electron chi connectivity index (χ0n) is 19.3. The molecule has 2 aliphatic heterocycles. The predicted molar refractivity (Wildman–Crippen MR) is 121 cm³/mol. The molecular formula is C25H38N2O4. The maximum atomic E-state index is 13.2. The van der Waals surface area contributed by atoms with Crippen LogP contribution in [0.4, 0.5) is 0 Å². The van der Waals surface area contributed by atoms with Crippen LogP contribution in [0.25, 0.3) is 0 Å². The van der Waals surface area contributed by atoms with Crippen LogP contribution in [0, 0.1) is 0 Å². The van der Waals surface area contributed by atoms with Crippen molar-refractivity contribution in [1.29, 1.82) is 0 Å². The summed E-state index contributed by atoms with van der Waals surface area (Å²) in [6, 6.07) is 6.42. The van der Waals surface area contributed by atoms with Crippen molar-refractivity contribution in [2.75, 3.05) is 26.8 Å². The second-order valence-corrected chi connectivity index (χ2v) is 9.92. The Bertz CT molecular complexity index is 752. The Morgan fingerprint density at radius 3 is 2.55 bits per heavy atom. The Hall–Kier alpha value is -1.79. The van der Waals surface area contributed by atoms with E-state index in [1.807, 2.05) is 12.1 Å². The van der Waals surface area contributed by atoms with Gasteiger partial charge in [0.1, 0.15) is 17.6 Å². The summed E-state index contributed by atoms with van der Waals surface area (Å²) in [5, 5.41) is 3.20. The lowest BCUT2D eigenvalue weighted by Crippen LogP contribution is -2.46. The van der Waals surface area contributed by atoms with Gasteiger partial charge in [0.15, 0.2) is 0 Å². The van der Waals surface area contributed by atoms with Crippen LogP contribution in [0.3, 0.4) is 0 Å².